The molecule has 33 heavy (non-hydrogen) atoms. The second-order valence-corrected chi connectivity index (χ2v) is 8.53. The van der Waals surface area contributed by atoms with Crippen LogP contribution in [0.1, 0.15) is 41.8 Å². The van der Waals surface area contributed by atoms with Gasteiger partial charge in [0, 0.05) is 25.7 Å². The largest absolute Gasteiger partial charge is 0.483 e. The number of carbonyl (C=O) groups excluding carboxylic acids is 1. The lowest BCUT2D eigenvalue weighted by molar-refractivity contribution is -0.122. The first-order valence-corrected chi connectivity index (χ1v) is 11.0. The summed E-state index contributed by atoms with van der Waals surface area (Å²) in [6, 6.07) is 13.8. The minimum atomic E-state index is -0.250. The molecule has 0 unspecified atom stereocenters. The van der Waals surface area contributed by atoms with Crippen LogP contribution in [0.3, 0.4) is 0 Å². The first-order valence-electron chi connectivity index (χ1n) is 11.0. The molecule has 9 heteroatoms. The molecule has 5 rings (SSSR count). The summed E-state index contributed by atoms with van der Waals surface area (Å²) in [5.41, 5.74) is 2.70. The Bertz CT molecular complexity index is 1140. The number of anilines is 1. The minimum absolute atomic E-state index is 0.0349. The summed E-state index contributed by atoms with van der Waals surface area (Å²) in [6.07, 6.45) is 0.983. The summed E-state index contributed by atoms with van der Waals surface area (Å²) in [5.74, 6) is 2.66. The highest BCUT2D eigenvalue weighted by atomic mass is 16.3. The average molecular weight is 449 g/mol. The number of hydrogen-bond acceptors (Lipinski definition) is 6. The molecule has 2 aromatic heterocycles. The van der Waals surface area contributed by atoms with E-state index in [-0.39, 0.29) is 24.3 Å². The van der Waals surface area contributed by atoms with Gasteiger partial charge >= 0.3 is 0 Å². The van der Waals surface area contributed by atoms with Crippen LogP contribution < -0.4 is 4.90 Å². The van der Waals surface area contributed by atoms with Crippen molar-refractivity contribution in [2.45, 2.75) is 32.9 Å². The van der Waals surface area contributed by atoms with E-state index in [0.29, 0.717) is 24.6 Å². The van der Waals surface area contributed by atoms with Gasteiger partial charge in [-0.05, 0) is 24.0 Å². The Labute approximate surface area is 192 Å². The van der Waals surface area contributed by atoms with E-state index in [1.165, 1.54) is 5.56 Å². The van der Waals surface area contributed by atoms with E-state index in [1.807, 2.05) is 59.1 Å². The van der Waals surface area contributed by atoms with Crippen LogP contribution in [-0.2, 0) is 17.8 Å². The molecule has 0 saturated carbocycles. The van der Waals surface area contributed by atoms with Crippen molar-refractivity contribution in [2.75, 3.05) is 25.0 Å². The van der Waals surface area contributed by atoms with Gasteiger partial charge in [-0.25, -0.2) is 14.6 Å². The Morgan fingerprint density at radius 2 is 1.82 bits per heavy atom. The highest BCUT2D eigenvalue weighted by Gasteiger charge is 2.37. The fourth-order valence-electron chi connectivity index (χ4n) is 4.48. The van der Waals surface area contributed by atoms with Crippen molar-refractivity contribution in [1.29, 1.82) is 0 Å². The van der Waals surface area contributed by atoms with Crippen LogP contribution in [0.25, 0.3) is 11.4 Å². The third-order valence-electron chi connectivity index (χ3n) is 6.03. The van der Waals surface area contributed by atoms with Crippen LogP contribution in [0.5, 0.6) is 0 Å². The third kappa shape index (κ3) is 4.30. The molecule has 1 N–H and O–H groups in total. The molecular formula is C24H28N6O3. The first kappa shape index (κ1) is 22.4. The van der Waals surface area contributed by atoms with Crippen molar-refractivity contribution in [3.05, 3.63) is 59.5 Å². The number of fused-ring (bicyclic) bond motifs is 2. The number of carboxylic acid groups (broad SMARTS) is 1. The summed E-state index contributed by atoms with van der Waals surface area (Å²) >= 11 is 0. The van der Waals surface area contributed by atoms with Gasteiger partial charge in [-0.2, -0.15) is 5.10 Å². The molecule has 9 nitrogen and oxygen atoms in total. The molecule has 0 radical (unpaired) electrons. The zero-order chi connectivity index (χ0) is 23.5. The van der Waals surface area contributed by atoms with Gasteiger partial charge in [0.05, 0.1) is 12.6 Å². The Hall–Kier alpha value is -3.75. The standard InChI is InChI=1S/C23H26N6O.CH2O2/c1-15(2)19-22-25-20(16-7-5-4-6-8-16)26-29(22)14-13-28(19)23(30)18-10-9-17-11-12-27(3)21(17)24-18;2-1-3/h4-10,15,19H,11-14H2,1-3H3;1H,(H,2,3)/t19-;/m0./s1. The fraction of sp³-hybridized carbons (Fsp3) is 0.375. The number of benzene rings is 1. The Kier molecular flexibility index (Phi) is 6.39. The molecule has 1 amide bonds. The van der Waals surface area contributed by atoms with Gasteiger partial charge in [-0.3, -0.25) is 9.59 Å². The maximum Gasteiger partial charge on any atom is 0.290 e. The van der Waals surface area contributed by atoms with Crippen molar-refractivity contribution in [3.63, 3.8) is 0 Å². The number of rotatable bonds is 3. The first-order chi connectivity index (χ1) is 15.9. The van der Waals surface area contributed by atoms with E-state index >= 15 is 0 Å². The van der Waals surface area contributed by atoms with Crippen molar-refractivity contribution in [1.82, 2.24) is 24.6 Å². The summed E-state index contributed by atoms with van der Waals surface area (Å²) in [6.45, 7) is 6.18. The van der Waals surface area contributed by atoms with E-state index in [2.05, 4.69) is 18.7 Å². The monoisotopic (exact) mass is 448 g/mol. The maximum atomic E-state index is 13.5. The van der Waals surface area contributed by atoms with E-state index in [1.54, 1.807) is 0 Å². The van der Waals surface area contributed by atoms with Crippen molar-refractivity contribution in [3.8, 4) is 11.4 Å². The highest BCUT2D eigenvalue weighted by Crippen LogP contribution is 2.34. The lowest BCUT2D eigenvalue weighted by Crippen LogP contribution is -2.45. The molecule has 172 valence electrons. The zero-order valence-corrected chi connectivity index (χ0v) is 19.0. The summed E-state index contributed by atoms with van der Waals surface area (Å²) in [7, 11) is 2.03. The lowest BCUT2D eigenvalue weighted by Gasteiger charge is -2.37. The number of aromatic nitrogens is 4. The number of nitrogens with zero attached hydrogens (tertiary/aromatic N) is 6. The summed E-state index contributed by atoms with van der Waals surface area (Å²) in [4.78, 5) is 35.4. The summed E-state index contributed by atoms with van der Waals surface area (Å²) < 4.78 is 1.96. The third-order valence-corrected chi connectivity index (χ3v) is 6.03. The number of likely N-dealkylation sites (N-methyl/N-ethyl adjacent to an activating group) is 1. The second kappa shape index (κ2) is 9.40. The highest BCUT2D eigenvalue weighted by molar-refractivity contribution is 5.93. The molecule has 1 atom stereocenters. The predicted molar refractivity (Wildman–Crippen MR) is 124 cm³/mol. The Morgan fingerprint density at radius 3 is 2.52 bits per heavy atom. The molecule has 0 fully saturated rings. The van der Waals surface area contributed by atoms with Gasteiger partial charge < -0.3 is 14.9 Å². The molecule has 0 aliphatic carbocycles. The zero-order valence-electron chi connectivity index (χ0n) is 19.0. The predicted octanol–water partition coefficient (Wildman–Crippen LogP) is 2.89. The van der Waals surface area contributed by atoms with E-state index in [9.17, 15) is 4.79 Å². The van der Waals surface area contributed by atoms with Crippen molar-refractivity contribution < 1.29 is 14.7 Å². The number of carbonyl (C=O) groups is 2. The lowest BCUT2D eigenvalue weighted by atomic mass is 9.99. The fourth-order valence-corrected chi connectivity index (χ4v) is 4.48. The maximum absolute atomic E-state index is 13.5. The van der Waals surface area contributed by atoms with Gasteiger partial charge in [-0.15, -0.1) is 0 Å². The van der Waals surface area contributed by atoms with Gasteiger partial charge in [-0.1, -0.05) is 50.2 Å². The SMILES string of the molecule is CC(C)[C@H]1c2nc(-c3ccccc3)nn2CCN1C(=O)c1ccc2c(n1)N(C)CC2.O=CO. The van der Waals surface area contributed by atoms with Gasteiger partial charge in [0.25, 0.3) is 12.4 Å². The van der Waals surface area contributed by atoms with Crippen LogP contribution in [0, 0.1) is 5.92 Å². The van der Waals surface area contributed by atoms with Crippen molar-refractivity contribution >= 4 is 18.2 Å². The van der Waals surface area contributed by atoms with E-state index < -0.39 is 0 Å². The van der Waals surface area contributed by atoms with E-state index in [0.717, 1.165) is 30.2 Å². The van der Waals surface area contributed by atoms with Crippen LogP contribution in [0.2, 0.25) is 0 Å². The second-order valence-electron chi connectivity index (χ2n) is 8.53. The number of amides is 1. The van der Waals surface area contributed by atoms with Crippen LogP contribution >= 0.6 is 0 Å². The summed E-state index contributed by atoms with van der Waals surface area (Å²) in [5, 5.41) is 11.6. The molecular weight excluding hydrogens is 420 g/mol. The average Bonchev–Trinajstić information content (AvgIpc) is 3.42. The van der Waals surface area contributed by atoms with Crippen LogP contribution in [0.4, 0.5) is 5.82 Å². The molecule has 3 aromatic rings. The Morgan fingerprint density at radius 1 is 1.09 bits per heavy atom. The molecule has 0 saturated heterocycles. The van der Waals surface area contributed by atoms with Gasteiger partial charge in [0.1, 0.15) is 11.5 Å². The molecule has 2 aliphatic rings. The molecule has 0 spiro atoms. The van der Waals surface area contributed by atoms with Crippen LogP contribution in [-0.4, -0.2) is 62.3 Å². The molecule has 0 bridgehead atoms. The van der Waals surface area contributed by atoms with Gasteiger partial charge in [0.15, 0.2) is 11.6 Å². The molecule has 2 aliphatic heterocycles. The smallest absolute Gasteiger partial charge is 0.290 e. The number of hydrogen-bond donors (Lipinski definition) is 1. The van der Waals surface area contributed by atoms with E-state index in [4.69, 9.17) is 25.0 Å². The van der Waals surface area contributed by atoms with Crippen LogP contribution in [0.15, 0.2) is 42.5 Å². The Balaban J connectivity index is 0.000000821. The van der Waals surface area contributed by atoms with Crippen molar-refractivity contribution in [2.24, 2.45) is 5.92 Å². The quantitative estimate of drug-likeness (QED) is 0.614. The topological polar surface area (TPSA) is 104 Å². The minimum Gasteiger partial charge on any atom is -0.483 e. The molecule has 1 aromatic carbocycles. The molecule has 4 heterocycles. The normalized spacial score (nSPS) is 16.7. The number of pyridine rings is 1. The van der Waals surface area contributed by atoms with Gasteiger partial charge in [0.2, 0.25) is 0 Å².